The number of aromatic nitrogens is 1. The number of aliphatic hydroxyl groups excluding tert-OH is 1. The van der Waals surface area contributed by atoms with Crippen molar-refractivity contribution in [3.05, 3.63) is 52.2 Å². The summed E-state index contributed by atoms with van der Waals surface area (Å²) in [6, 6.07) is 6.40. The molecule has 0 amide bonds. The van der Waals surface area contributed by atoms with E-state index in [0.29, 0.717) is 10.9 Å². The first-order valence-electron chi connectivity index (χ1n) is 5.03. The van der Waals surface area contributed by atoms with Gasteiger partial charge < -0.3 is 5.11 Å². The molecule has 0 unspecified atom stereocenters. The first-order chi connectivity index (χ1) is 8.24. The van der Waals surface area contributed by atoms with E-state index in [1.807, 2.05) is 0 Å². The molecular weight excluding hydrogens is 220 g/mol. The topological polar surface area (TPSA) is 76.3 Å². The van der Waals surface area contributed by atoms with Crippen molar-refractivity contribution >= 4 is 22.7 Å². The van der Waals surface area contributed by atoms with E-state index in [0.717, 1.165) is 5.56 Å². The molecule has 5 nitrogen and oxygen atoms in total. The van der Waals surface area contributed by atoms with Gasteiger partial charge in [0.05, 0.1) is 22.4 Å². The van der Waals surface area contributed by atoms with Crippen molar-refractivity contribution in [3.8, 4) is 0 Å². The highest BCUT2D eigenvalue weighted by molar-refractivity contribution is 5.93. The molecule has 1 aromatic carbocycles. The number of aliphatic hydroxyl groups is 1. The molecule has 5 heteroatoms. The number of nitro benzene ring substituents is 1. The van der Waals surface area contributed by atoms with Crippen LogP contribution in [0.25, 0.3) is 17.0 Å². The summed E-state index contributed by atoms with van der Waals surface area (Å²) in [5.41, 5.74) is 1.35. The number of nitro groups is 1. The molecule has 0 saturated carbocycles. The minimum Gasteiger partial charge on any atom is -0.392 e. The molecule has 1 aromatic heterocycles. The molecule has 17 heavy (non-hydrogen) atoms. The van der Waals surface area contributed by atoms with Gasteiger partial charge >= 0.3 is 0 Å². The monoisotopic (exact) mass is 230 g/mol. The quantitative estimate of drug-likeness (QED) is 0.647. The Morgan fingerprint density at radius 1 is 1.41 bits per heavy atom. The number of hydrogen-bond donors (Lipinski definition) is 1. The number of pyridine rings is 1. The molecule has 86 valence electrons. The maximum atomic E-state index is 10.9. The fourth-order valence-electron chi connectivity index (χ4n) is 1.65. The number of benzene rings is 1. The van der Waals surface area contributed by atoms with Crippen molar-refractivity contribution in [3.63, 3.8) is 0 Å². The smallest absolute Gasteiger partial charge is 0.278 e. The van der Waals surface area contributed by atoms with Crippen molar-refractivity contribution in [2.24, 2.45) is 0 Å². The number of nitrogens with zero attached hydrogens (tertiary/aromatic N) is 2. The van der Waals surface area contributed by atoms with Gasteiger partial charge in [0, 0.05) is 17.8 Å². The number of hydrogen-bond acceptors (Lipinski definition) is 4. The van der Waals surface area contributed by atoms with Gasteiger partial charge in [-0.15, -0.1) is 0 Å². The SMILES string of the molecule is O=[N+]([O-])c1ccc(C=CCO)c2ncccc12. The summed E-state index contributed by atoms with van der Waals surface area (Å²) in [5.74, 6) is 0. The number of fused-ring (bicyclic) bond motifs is 1. The van der Waals surface area contributed by atoms with E-state index in [2.05, 4.69) is 4.98 Å². The second kappa shape index (κ2) is 4.71. The minimum atomic E-state index is -0.427. The third-order valence-corrected chi connectivity index (χ3v) is 2.38. The molecule has 0 aliphatic carbocycles. The fraction of sp³-hybridized carbons (Fsp3) is 0.0833. The van der Waals surface area contributed by atoms with Gasteiger partial charge in [-0.3, -0.25) is 15.1 Å². The largest absolute Gasteiger partial charge is 0.392 e. The zero-order chi connectivity index (χ0) is 12.3. The molecule has 1 heterocycles. The lowest BCUT2D eigenvalue weighted by Crippen LogP contribution is -1.92. The fourth-order valence-corrected chi connectivity index (χ4v) is 1.65. The van der Waals surface area contributed by atoms with Crippen molar-refractivity contribution in [2.45, 2.75) is 0 Å². The van der Waals surface area contributed by atoms with Crippen LogP contribution in [0.2, 0.25) is 0 Å². The maximum Gasteiger partial charge on any atom is 0.278 e. The Labute approximate surface area is 97.2 Å². The summed E-state index contributed by atoms with van der Waals surface area (Å²) in [6.45, 7) is -0.0781. The van der Waals surface area contributed by atoms with Crippen molar-refractivity contribution in [2.75, 3.05) is 6.61 Å². The first kappa shape index (κ1) is 11.2. The van der Waals surface area contributed by atoms with Gasteiger partial charge in [-0.2, -0.15) is 0 Å². The lowest BCUT2D eigenvalue weighted by molar-refractivity contribution is -0.383. The molecule has 0 saturated heterocycles. The molecule has 0 bridgehead atoms. The highest BCUT2D eigenvalue weighted by atomic mass is 16.6. The van der Waals surface area contributed by atoms with Crippen molar-refractivity contribution in [1.82, 2.24) is 4.98 Å². The molecule has 0 spiro atoms. The van der Waals surface area contributed by atoms with Crippen LogP contribution in [0, 0.1) is 10.1 Å². The van der Waals surface area contributed by atoms with E-state index in [1.165, 1.54) is 6.07 Å². The van der Waals surface area contributed by atoms with Crippen LogP contribution in [-0.4, -0.2) is 21.6 Å². The van der Waals surface area contributed by atoms with Crippen LogP contribution in [0.5, 0.6) is 0 Å². The average molecular weight is 230 g/mol. The Bertz CT molecular complexity index is 593. The molecule has 0 aliphatic heterocycles. The predicted molar refractivity (Wildman–Crippen MR) is 64.5 cm³/mol. The second-order valence-electron chi connectivity index (χ2n) is 3.42. The van der Waals surface area contributed by atoms with Crippen LogP contribution in [0.1, 0.15) is 5.56 Å². The highest BCUT2D eigenvalue weighted by Gasteiger charge is 2.13. The maximum absolute atomic E-state index is 10.9. The molecule has 0 aliphatic rings. The van der Waals surface area contributed by atoms with E-state index in [1.54, 1.807) is 36.5 Å². The molecule has 1 N–H and O–H groups in total. The summed E-state index contributed by atoms with van der Waals surface area (Å²) in [5, 5.41) is 20.1. The molecular formula is C12H10N2O3. The Morgan fingerprint density at radius 2 is 2.24 bits per heavy atom. The predicted octanol–water partition coefficient (Wildman–Crippen LogP) is 2.15. The van der Waals surface area contributed by atoms with Gasteiger partial charge in [-0.05, 0) is 18.2 Å². The van der Waals surface area contributed by atoms with Gasteiger partial charge in [0.15, 0.2) is 0 Å². The zero-order valence-electron chi connectivity index (χ0n) is 8.91. The molecule has 0 radical (unpaired) electrons. The van der Waals surface area contributed by atoms with Crippen LogP contribution < -0.4 is 0 Å². The third-order valence-electron chi connectivity index (χ3n) is 2.38. The molecule has 0 atom stereocenters. The lowest BCUT2D eigenvalue weighted by atomic mass is 10.1. The lowest BCUT2D eigenvalue weighted by Gasteiger charge is -2.02. The van der Waals surface area contributed by atoms with Crippen LogP contribution in [0.15, 0.2) is 36.5 Å². The summed E-state index contributed by atoms with van der Waals surface area (Å²) in [7, 11) is 0. The molecule has 0 fully saturated rings. The van der Waals surface area contributed by atoms with Crippen LogP contribution >= 0.6 is 0 Å². The van der Waals surface area contributed by atoms with E-state index in [9.17, 15) is 10.1 Å². The van der Waals surface area contributed by atoms with E-state index >= 15 is 0 Å². The van der Waals surface area contributed by atoms with Gasteiger partial charge in [-0.1, -0.05) is 12.2 Å². The first-order valence-corrected chi connectivity index (χ1v) is 5.03. The number of rotatable bonds is 3. The normalized spacial score (nSPS) is 11.1. The average Bonchev–Trinajstić information content (AvgIpc) is 2.35. The summed E-state index contributed by atoms with van der Waals surface area (Å²) >= 11 is 0. The van der Waals surface area contributed by atoms with Crippen LogP contribution in [0.3, 0.4) is 0 Å². The van der Waals surface area contributed by atoms with E-state index in [-0.39, 0.29) is 12.3 Å². The zero-order valence-corrected chi connectivity index (χ0v) is 8.91. The van der Waals surface area contributed by atoms with Gasteiger partial charge in [0.2, 0.25) is 0 Å². The summed E-state index contributed by atoms with van der Waals surface area (Å²) < 4.78 is 0. The van der Waals surface area contributed by atoms with Crippen LogP contribution in [0.4, 0.5) is 5.69 Å². The Balaban J connectivity index is 2.70. The number of non-ortho nitro benzene ring substituents is 1. The minimum absolute atomic E-state index is 0.0363. The van der Waals surface area contributed by atoms with Gasteiger partial charge in [0.25, 0.3) is 5.69 Å². The van der Waals surface area contributed by atoms with Gasteiger partial charge in [0.1, 0.15) is 0 Å². The Kier molecular flexibility index (Phi) is 3.11. The summed E-state index contributed by atoms with van der Waals surface area (Å²) in [4.78, 5) is 14.6. The van der Waals surface area contributed by atoms with E-state index in [4.69, 9.17) is 5.11 Å². The van der Waals surface area contributed by atoms with Crippen molar-refractivity contribution < 1.29 is 10.0 Å². The molecule has 2 aromatic rings. The van der Waals surface area contributed by atoms with E-state index < -0.39 is 4.92 Å². The Morgan fingerprint density at radius 3 is 2.94 bits per heavy atom. The Hall–Kier alpha value is -2.27. The highest BCUT2D eigenvalue weighted by Crippen LogP contribution is 2.27. The standard InChI is InChI=1S/C12H10N2O3/c15-8-2-3-9-5-6-11(14(16)17)10-4-1-7-13-12(9)10/h1-7,15H,8H2. The third kappa shape index (κ3) is 2.14. The van der Waals surface area contributed by atoms with Gasteiger partial charge in [-0.25, -0.2) is 0 Å². The second-order valence-corrected chi connectivity index (χ2v) is 3.42. The molecule has 2 rings (SSSR count). The van der Waals surface area contributed by atoms with Crippen LogP contribution in [-0.2, 0) is 0 Å². The van der Waals surface area contributed by atoms with Crippen molar-refractivity contribution in [1.29, 1.82) is 0 Å². The summed E-state index contributed by atoms with van der Waals surface area (Å²) in [6.07, 6.45) is 4.84.